The lowest BCUT2D eigenvalue weighted by atomic mass is 10.9. The van der Waals surface area contributed by atoms with Gasteiger partial charge in [0.2, 0.25) is 0 Å². The summed E-state index contributed by atoms with van der Waals surface area (Å²) in [4.78, 5) is 0. The van der Waals surface area contributed by atoms with E-state index < -0.39 is 23.7 Å². The molecule has 9 heteroatoms. The molecule has 0 aromatic carbocycles. The zero-order valence-electron chi connectivity index (χ0n) is 8.13. The van der Waals surface area contributed by atoms with E-state index in [0.29, 0.717) is 0 Å². The summed E-state index contributed by atoms with van der Waals surface area (Å²) in [7, 11) is -3.92. The van der Waals surface area contributed by atoms with Crippen LogP contribution in [0.3, 0.4) is 0 Å². The van der Waals surface area contributed by atoms with Crippen LogP contribution < -0.4 is 0 Å². The molecule has 86 valence electrons. The summed E-state index contributed by atoms with van der Waals surface area (Å²) in [6, 6.07) is 0. The first-order valence-corrected chi connectivity index (χ1v) is 6.57. The average molecular weight is 248 g/mol. The number of hydrogen-bond acceptors (Lipinski definition) is 7. The molecule has 0 saturated heterocycles. The second-order valence-corrected chi connectivity index (χ2v) is 5.81. The second-order valence-electron chi connectivity index (χ2n) is 2.07. The van der Waals surface area contributed by atoms with Crippen molar-refractivity contribution >= 4 is 17.9 Å². The van der Waals surface area contributed by atoms with E-state index in [4.69, 9.17) is 0 Å². The van der Waals surface area contributed by atoms with Crippen LogP contribution in [0.25, 0.3) is 0 Å². The fourth-order valence-electron chi connectivity index (χ4n) is 0.514. The molecule has 0 rings (SSSR count). The van der Waals surface area contributed by atoms with Crippen LogP contribution >= 0.6 is 7.82 Å². The summed E-state index contributed by atoms with van der Waals surface area (Å²) in [5.41, 5.74) is 0. The van der Waals surface area contributed by atoms with Crippen molar-refractivity contribution in [3.8, 4) is 0 Å². The number of phosphoric acid groups is 1. The molecule has 0 amide bonds. The van der Waals surface area contributed by atoms with Gasteiger partial charge in [-0.25, -0.2) is 4.57 Å². The van der Waals surface area contributed by atoms with E-state index in [1.165, 1.54) is 0 Å². The lowest BCUT2D eigenvalue weighted by molar-refractivity contribution is 0.158. The molecule has 0 aliphatic carbocycles. The Morgan fingerprint density at radius 2 is 1.64 bits per heavy atom. The Morgan fingerprint density at radius 3 is 2.00 bits per heavy atom. The Balaban J connectivity index is 4.03. The quantitative estimate of drug-likeness (QED) is 0.475. The Kier molecular flexibility index (Phi) is 5.80. The van der Waals surface area contributed by atoms with E-state index in [0.717, 1.165) is 21.3 Å². The fraction of sp³-hybridized carbons (Fsp3) is 1.00. The first-order chi connectivity index (χ1) is 6.39. The third kappa shape index (κ3) is 5.04. The highest BCUT2D eigenvalue weighted by Gasteiger charge is 2.23. The van der Waals surface area contributed by atoms with Crippen LogP contribution in [-0.4, -0.2) is 42.1 Å². The monoisotopic (exact) mass is 248 g/mol. The minimum absolute atomic E-state index is 0.324. The van der Waals surface area contributed by atoms with Gasteiger partial charge in [0.15, 0.2) is 0 Å². The SMILES string of the molecule is COP(=O)(OC)OCCS(=O)(=O)OC. The maximum Gasteiger partial charge on any atom is 0.474 e. The molecule has 0 aliphatic heterocycles. The van der Waals surface area contributed by atoms with Crippen molar-refractivity contribution in [3.05, 3.63) is 0 Å². The minimum Gasteiger partial charge on any atom is -0.290 e. The number of phosphoric ester groups is 1. The summed E-state index contributed by atoms with van der Waals surface area (Å²) in [6.07, 6.45) is 0. The molecule has 7 nitrogen and oxygen atoms in total. The Bertz CT molecular complexity index is 289. The zero-order chi connectivity index (χ0) is 11.2. The molecule has 0 fully saturated rings. The van der Waals surface area contributed by atoms with Gasteiger partial charge in [-0.3, -0.25) is 17.8 Å². The molecule has 0 aromatic heterocycles. The Hall–Kier alpha value is 0.0200. The topological polar surface area (TPSA) is 88.1 Å². The van der Waals surface area contributed by atoms with Crippen molar-refractivity contribution in [1.82, 2.24) is 0 Å². The number of rotatable bonds is 7. The van der Waals surface area contributed by atoms with Crippen molar-refractivity contribution in [2.45, 2.75) is 0 Å². The molecule has 0 radical (unpaired) electrons. The molecule has 0 aliphatic rings. The smallest absolute Gasteiger partial charge is 0.290 e. The molecule has 0 heterocycles. The van der Waals surface area contributed by atoms with Gasteiger partial charge in [-0.15, -0.1) is 0 Å². The summed E-state index contributed by atoms with van der Waals surface area (Å²) in [6.45, 7) is -0.324. The van der Waals surface area contributed by atoms with Crippen LogP contribution in [0.1, 0.15) is 0 Å². The second kappa shape index (κ2) is 5.79. The predicted octanol–water partition coefficient (Wildman–Crippen LogP) is 0.380. The maximum atomic E-state index is 11.2. The summed E-state index contributed by atoms with van der Waals surface area (Å²) >= 11 is 0. The minimum atomic E-state index is -3.62. The lowest BCUT2D eigenvalue weighted by Crippen LogP contribution is -2.13. The standard InChI is InChI=1S/C5H13O7PS/c1-9-13(6,10-2)12-4-5-14(7,8)11-3/h4-5H2,1-3H3. The third-order valence-electron chi connectivity index (χ3n) is 1.28. The summed E-state index contributed by atoms with van der Waals surface area (Å²) in [5.74, 6) is -0.416. The molecule has 0 unspecified atom stereocenters. The average Bonchev–Trinajstić information content (AvgIpc) is 2.17. The van der Waals surface area contributed by atoms with E-state index >= 15 is 0 Å². The highest BCUT2D eigenvalue weighted by molar-refractivity contribution is 7.86. The summed E-state index contributed by atoms with van der Waals surface area (Å²) in [5, 5.41) is 0. The van der Waals surface area contributed by atoms with Crippen LogP contribution in [0.2, 0.25) is 0 Å². The van der Waals surface area contributed by atoms with Crippen molar-refractivity contribution < 1.29 is 30.7 Å². The van der Waals surface area contributed by atoms with Crippen molar-refractivity contribution in [3.63, 3.8) is 0 Å². The van der Waals surface area contributed by atoms with Crippen molar-refractivity contribution in [2.24, 2.45) is 0 Å². The first kappa shape index (κ1) is 14.0. The molecular weight excluding hydrogens is 235 g/mol. The molecule has 0 aromatic rings. The van der Waals surface area contributed by atoms with Gasteiger partial charge >= 0.3 is 7.82 Å². The number of hydrogen-bond donors (Lipinski definition) is 0. The molecule has 0 spiro atoms. The first-order valence-electron chi connectivity index (χ1n) is 3.53. The highest BCUT2D eigenvalue weighted by Crippen LogP contribution is 2.47. The van der Waals surface area contributed by atoms with E-state index in [-0.39, 0.29) is 6.61 Å². The van der Waals surface area contributed by atoms with E-state index in [2.05, 4.69) is 17.8 Å². The normalized spacial score (nSPS) is 13.1. The fourth-order valence-corrected chi connectivity index (χ4v) is 1.77. The van der Waals surface area contributed by atoms with Gasteiger partial charge in [0, 0.05) is 14.2 Å². The van der Waals surface area contributed by atoms with Gasteiger partial charge in [-0.05, 0) is 0 Å². The molecule has 0 atom stereocenters. The zero-order valence-corrected chi connectivity index (χ0v) is 9.84. The van der Waals surface area contributed by atoms with Gasteiger partial charge in [0.1, 0.15) is 0 Å². The van der Waals surface area contributed by atoms with E-state index in [1.807, 2.05) is 0 Å². The van der Waals surface area contributed by atoms with Crippen molar-refractivity contribution in [1.29, 1.82) is 0 Å². The lowest BCUT2D eigenvalue weighted by Gasteiger charge is -2.12. The molecule has 0 saturated carbocycles. The highest BCUT2D eigenvalue weighted by atomic mass is 32.2. The molecular formula is C5H13O7PS. The largest absolute Gasteiger partial charge is 0.474 e. The Morgan fingerprint density at radius 1 is 1.14 bits per heavy atom. The van der Waals surface area contributed by atoms with Gasteiger partial charge in [0.05, 0.1) is 19.5 Å². The van der Waals surface area contributed by atoms with Gasteiger partial charge in [-0.1, -0.05) is 0 Å². The van der Waals surface area contributed by atoms with Gasteiger partial charge in [-0.2, -0.15) is 8.42 Å². The predicted molar refractivity (Wildman–Crippen MR) is 48.4 cm³/mol. The molecule has 0 bridgehead atoms. The molecule has 14 heavy (non-hydrogen) atoms. The van der Waals surface area contributed by atoms with E-state index in [9.17, 15) is 13.0 Å². The molecule has 0 N–H and O–H groups in total. The van der Waals surface area contributed by atoms with Gasteiger partial charge in [0.25, 0.3) is 10.1 Å². The van der Waals surface area contributed by atoms with Crippen LogP contribution in [0.15, 0.2) is 0 Å². The summed E-state index contributed by atoms with van der Waals surface area (Å²) < 4.78 is 50.4. The van der Waals surface area contributed by atoms with Crippen LogP contribution in [0.4, 0.5) is 0 Å². The van der Waals surface area contributed by atoms with Gasteiger partial charge < -0.3 is 0 Å². The van der Waals surface area contributed by atoms with Crippen LogP contribution in [-0.2, 0) is 32.4 Å². The maximum absolute atomic E-state index is 11.2. The van der Waals surface area contributed by atoms with Crippen LogP contribution in [0.5, 0.6) is 0 Å². The Labute approximate surface area is 83.0 Å². The van der Waals surface area contributed by atoms with Crippen molar-refractivity contribution in [2.75, 3.05) is 33.7 Å². The van der Waals surface area contributed by atoms with E-state index in [1.54, 1.807) is 0 Å². The van der Waals surface area contributed by atoms with Crippen LogP contribution in [0, 0.1) is 0 Å². The third-order valence-corrected chi connectivity index (χ3v) is 3.85.